The van der Waals surface area contributed by atoms with Crippen molar-refractivity contribution in [3.8, 4) is 5.75 Å². The summed E-state index contributed by atoms with van der Waals surface area (Å²) in [7, 11) is -1.84. The van der Waals surface area contributed by atoms with Crippen molar-refractivity contribution in [3.05, 3.63) is 60.2 Å². The molecule has 1 saturated heterocycles. The normalized spacial score (nSPS) is 15.7. The lowest BCUT2D eigenvalue weighted by Crippen LogP contribution is -2.40. The minimum Gasteiger partial charge on any atom is -0.496 e. The molecular formula is C20H24N2O4S. The van der Waals surface area contributed by atoms with Crippen LogP contribution in [0.2, 0.25) is 0 Å². The van der Waals surface area contributed by atoms with Crippen LogP contribution in [0.3, 0.4) is 0 Å². The molecular weight excluding hydrogens is 364 g/mol. The number of hydrogen-bond donors (Lipinski definition) is 1. The van der Waals surface area contributed by atoms with E-state index >= 15 is 0 Å². The van der Waals surface area contributed by atoms with Crippen LogP contribution in [0, 0.1) is 0 Å². The van der Waals surface area contributed by atoms with Crippen molar-refractivity contribution < 1.29 is 17.9 Å². The summed E-state index contributed by atoms with van der Waals surface area (Å²) in [6.45, 7) is 2.22. The highest BCUT2D eigenvalue weighted by Gasteiger charge is 2.26. The number of methoxy groups -OCH3 is 1. The minimum atomic E-state index is -3.49. The van der Waals surface area contributed by atoms with E-state index in [0.29, 0.717) is 37.7 Å². The van der Waals surface area contributed by atoms with Gasteiger partial charge in [-0.25, -0.2) is 8.42 Å². The van der Waals surface area contributed by atoms with Gasteiger partial charge in [-0.15, -0.1) is 0 Å². The zero-order valence-electron chi connectivity index (χ0n) is 15.3. The molecule has 1 aliphatic heterocycles. The molecule has 1 heterocycles. The number of nitrogens with zero attached hydrogens (tertiary/aromatic N) is 1. The summed E-state index contributed by atoms with van der Waals surface area (Å²) < 4.78 is 37.5. The Labute approximate surface area is 160 Å². The summed E-state index contributed by atoms with van der Waals surface area (Å²) in [5, 5.41) is 3.23. The van der Waals surface area contributed by atoms with Gasteiger partial charge in [0.2, 0.25) is 10.0 Å². The number of benzene rings is 2. The van der Waals surface area contributed by atoms with Crippen molar-refractivity contribution >= 4 is 21.8 Å². The van der Waals surface area contributed by atoms with Crippen LogP contribution in [-0.2, 0) is 14.8 Å². The number of ether oxygens (including phenoxy) is 2. The van der Waals surface area contributed by atoms with Crippen molar-refractivity contribution in [2.75, 3.05) is 45.3 Å². The maximum absolute atomic E-state index is 12.7. The van der Waals surface area contributed by atoms with E-state index in [1.807, 2.05) is 42.5 Å². The number of nitrogens with one attached hydrogen (secondary N) is 1. The fraction of sp³-hybridized carbons (Fsp3) is 0.300. The number of rotatable bonds is 7. The molecule has 0 spiro atoms. The Bertz CT molecular complexity index is 890. The molecule has 0 bridgehead atoms. The molecule has 1 N–H and O–H groups in total. The zero-order valence-corrected chi connectivity index (χ0v) is 16.1. The van der Waals surface area contributed by atoms with Crippen molar-refractivity contribution in [2.45, 2.75) is 4.90 Å². The molecule has 0 amide bonds. The molecule has 144 valence electrons. The number of anilines is 1. The van der Waals surface area contributed by atoms with Crippen molar-refractivity contribution in [3.63, 3.8) is 0 Å². The first-order valence-electron chi connectivity index (χ1n) is 8.82. The second-order valence-electron chi connectivity index (χ2n) is 6.07. The van der Waals surface area contributed by atoms with Gasteiger partial charge in [0.15, 0.2) is 0 Å². The van der Waals surface area contributed by atoms with Gasteiger partial charge in [0.05, 0.1) is 25.2 Å². The smallest absolute Gasteiger partial charge is 0.243 e. The predicted octanol–water partition coefficient (Wildman–Crippen LogP) is 2.84. The van der Waals surface area contributed by atoms with E-state index in [-0.39, 0.29) is 0 Å². The van der Waals surface area contributed by atoms with E-state index in [1.165, 1.54) is 4.31 Å². The molecule has 27 heavy (non-hydrogen) atoms. The topological polar surface area (TPSA) is 67.9 Å². The molecule has 2 aromatic carbocycles. The monoisotopic (exact) mass is 388 g/mol. The minimum absolute atomic E-state index is 0.295. The summed E-state index contributed by atoms with van der Waals surface area (Å²) in [6, 6.07) is 14.7. The fourth-order valence-electron chi connectivity index (χ4n) is 2.87. The van der Waals surface area contributed by atoms with Crippen LogP contribution in [-0.4, -0.2) is 52.7 Å². The van der Waals surface area contributed by atoms with E-state index in [1.54, 1.807) is 25.3 Å². The number of sulfonamides is 1. The molecule has 1 aliphatic rings. The molecule has 0 unspecified atom stereocenters. The lowest BCUT2D eigenvalue weighted by Gasteiger charge is -2.26. The van der Waals surface area contributed by atoms with Crippen LogP contribution in [0.4, 0.5) is 5.69 Å². The van der Waals surface area contributed by atoms with Crippen molar-refractivity contribution in [2.24, 2.45) is 0 Å². The van der Waals surface area contributed by atoms with Gasteiger partial charge < -0.3 is 14.8 Å². The zero-order chi connectivity index (χ0) is 19.1. The Balaban J connectivity index is 1.65. The maximum atomic E-state index is 12.7. The van der Waals surface area contributed by atoms with Crippen LogP contribution < -0.4 is 10.1 Å². The van der Waals surface area contributed by atoms with Crippen molar-refractivity contribution in [1.29, 1.82) is 0 Å². The molecule has 2 aromatic rings. The standard InChI is InChI=1S/C20H24N2O4S/c1-25-20-10-3-2-6-17(20)7-5-11-21-18-8-4-9-19(16-18)27(23,24)22-12-14-26-15-13-22/h2-10,16,21H,11-15H2,1H3/b7-5+. The van der Waals surface area contributed by atoms with Crippen LogP contribution in [0.5, 0.6) is 5.75 Å². The highest BCUT2D eigenvalue weighted by Crippen LogP contribution is 2.21. The average molecular weight is 388 g/mol. The summed E-state index contributed by atoms with van der Waals surface area (Å²) in [5.74, 6) is 0.812. The quantitative estimate of drug-likeness (QED) is 0.790. The third kappa shape index (κ3) is 4.88. The van der Waals surface area contributed by atoms with Gasteiger partial charge in [0, 0.05) is 30.9 Å². The Kier molecular flexibility index (Phi) is 6.49. The fourth-order valence-corrected chi connectivity index (χ4v) is 4.32. The molecule has 1 fully saturated rings. The molecule has 6 nitrogen and oxygen atoms in total. The van der Waals surface area contributed by atoms with Gasteiger partial charge in [-0.3, -0.25) is 0 Å². The summed E-state index contributed by atoms with van der Waals surface area (Å²) >= 11 is 0. The van der Waals surface area contributed by atoms with Gasteiger partial charge in [0.1, 0.15) is 5.75 Å². The lowest BCUT2D eigenvalue weighted by molar-refractivity contribution is 0.0730. The highest BCUT2D eigenvalue weighted by molar-refractivity contribution is 7.89. The van der Waals surface area contributed by atoms with Gasteiger partial charge in [0.25, 0.3) is 0 Å². The van der Waals surface area contributed by atoms with Gasteiger partial charge in [-0.1, -0.05) is 36.4 Å². The Hall–Kier alpha value is -2.35. The lowest BCUT2D eigenvalue weighted by atomic mass is 10.2. The third-order valence-electron chi connectivity index (χ3n) is 4.30. The molecule has 0 atom stereocenters. The van der Waals surface area contributed by atoms with E-state index in [2.05, 4.69) is 5.32 Å². The summed E-state index contributed by atoms with van der Waals surface area (Å²) in [5.41, 5.74) is 1.75. The van der Waals surface area contributed by atoms with E-state index in [9.17, 15) is 8.42 Å². The molecule has 0 saturated carbocycles. The maximum Gasteiger partial charge on any atom is 0.243 e. The first-order chi connectivity index (χ1) is 13.1. The number of morpholine rings is 1. The van der Waals surface area contributed by atoms with Gasteiger partial charge in [-0.05, 0) is 24.3 Å². The average Bonchev–Trinajstić information content (AvgIpc) is 2.72. The molecule has 0 radical (unpaired) electrons. The first kappa shape index (κ1) is 19.4. The molecule has 0 aromatic heterocycles. The molecule has 7 heteroatoms. The Morgan fingerprint density at radius 3 is 2.70 bits per heavy atom. The predicted molar refractivity (Wildman–Crippen MR) is 107 cm³/mol. The van der Waals surface area contributed by atoms with Gasteiger partial charge in [-0.2, -0.15) is 4.31 Å². The number of para-hydroxylation sites is 1. The third-order valence-corrected chi connectivity index (χ3v) is 6.20. The van der Waals surface area contributed by atoms with Crippen LogP contribution in [0.1, 0.15) is 5.56 Å². The molecule has 3 rings (SSSR count). The van der Waals surface area contributed by atoms with Crippen LogP contribution in [0.25, 0.3) is 6.08 Å². The van der Waals surface area contributed by atoms with Gasteiger partial charge >= 0.3 is 0 Å². The van der Waals surface area contributed by atoms with Crippen LogP contribution in [0.15, 0.2) is 59.5 Å². The second kappa shape index (κ2) is 9.03. The SMILES string of the molecule is COc1ccccc1/C=C/CNc1cccc(S(=O)(=O)N2CCOCC2)c1. The largest absolute Gasteiger partial charge is 0.496 e. The van der Waals surface area contributed by atoms with Crippen LogP contribution >= 0.6 is 0 Å². The summed E-state index contributed by atoms with van der Waals surface area (Å²) in [6.07, 6.45) is 3.95. The number of hydrogen-bond acceptors (Lipinski definition) is 5. The Morgan fingerprint density at radius 1 is 1.15 bits per heavy atom. The van der Waals surface area contributed by atoms with E-state index in [0.717, 1.165) is 17.0 Å². The van der Waals surface area contributed by atoms with E-state index in [4.69, 9.17) is 9.47 Å². The first-order valence-corrected chi connectivity index (χ1v) is 10.3. The van der Waals surface area contributed by atoms with E-state index < -0.39 is 10.0 Å². The highest BCUT2D eigenvalue weighted by atomic mass is 32.2. The molecule has 0 aliphatic carbocycles. The second-order valence-corrected chi connectivity index (χ2v) is 8.01. The Morgan fingerprint density at radius 2 is 1.93 bits per heavy atom. The van der Waals surface area contributed by atoms with Crippen molar-refractivity contribution in [1.82, 2.24) is 4.31 Å². The summed E-state index contributed by atoms with van der Waals surface area (Å²) in [4.78, 5) is 0.295.